The molecule has 0 saturated carbocycles. The first kappa shape index (κ1) is 14.6. The van der Waals surface area contributed by atoms with Crippen molar-refractivity contribution in [3.63, 3.8) is 0 Å². The van der Waals surface area contributed by atoms with Gasteiger partial charge in [-0.25, -0.2) is 13.9 Å². The van der Waals surface area contributed by atoms with Crippen LogP contribution in [-0.4, -0.2) is 39.0 Å². The van der Waals surface area contributed by atoms with Crippen molar-refractivity contribution >= 4 is 11.6 Å². The Labute approximate surface area is 136 Å². The molecule has 0 aliphatic carbocycles. The minimum atomic E-state index is -0.317. The van der Waals surface area contributed by atoms with Gasteiger partial charge in [0.25, 0.3) is 5.56 Å². The molecule has 7 heteroatoms. The smallest absolute Gasteiger partial charge is 0.272 e. The first-order chi connectivity index (χ1) is 11.5. The predicted octanol–water partition coefficient (Wildman–Crippen LogP) is 1.77. The molecule has 24 heavy (non-hydrogen) atoms. The van der Waals surface area contributed by atoms with E-state index >= 15 is 0 Å². The number of amides is 1. The molecule has 0 unspecified atom stereocenters. The summed E-state index contributed by atoms with van der Waals surface area (Å²) in [5.74, 6) is -0.324. The summed E-state index contributed by atoms with van der Waals surface area (Å²) in [5.41, 5.74) is 2.32. The van der Waals surface area contributed by atoms with Crippen LogP contribution in [0.3, 0.4) is 0 Å². The fraction of sp³-hybridized carbons (Fsp3) is 0.235. The fourth-order valence-electron chi connectivity index (χ4n) is 3.06. The van der Waals surface area contributed by atoms with Crippen molar-refractivity contribution in [2.75, 3.05) is 13.6 Å². The predicted molar refractivity (Wildman–Crippen MR) is 86.2 cm³/mol. The number of rotatable bonds is 2. The van der Waals surface area contributed by atoms with Gasteiger partial charge in [-0.3, -0.25) is 14.7 Å². The quantitative estimate of drug-likeness (QED) is 0.780. The average Bonchev–Trinajstić information content (AvgIpc) is 3.12. The van der Waals surface area contributed by atoms with Crippen LogP contribution in [-0.2, 0) is 4.79 Å². The van der Waals surface area contributed by atoms with Crippen LogP contribution in [0.5, 0.6) is 0 Å². The number of likely N-dealkylation sites (tertiary alicyclic amines) is 1. The number of nitrogens with zero attached hydrogens (tertiary/aromatic N) is 3. The minimum Gasteiger partial charge on any atom is -0.345 e. The summed E-state index contributed by atoms with van der Waals surface area (Å²) in [7, 11) is 1.75. The van der Waals surface area contributed by atoms with Gasteiger partial charge >= 0.3 is 0 Å². The normalized spacial score (nSPS) is 17.8. The van der Waals surface area contributed by atoms with Crippen LogP contribution in [0.25, 0.3) is 16.9 Å². The number of aromatic nitrogens is 3. The lowest BCUT2D eigenvalue weighted by atomic mass is 10.0. The van der Waals surface area contributed by atoms with Crippen LogP contribution in [0.2, 0.25) is 0 Å². The number of halogens is 1. The molecule has 1 fully saturated rings. The third-order valence-electron chi connectivity index (χ3n) is 4.38. The van der Waals surface area contributed by atoms with Crippen LogP contribution >= 0.6 is 0 Å². The maximum atomic E-state index is 13.1. The second-order valence-electron chi connectivity index (χ2n) is 6.06. The zero-order valence-corrected chi connectivity index (χ0v) is 13.0. The second-order valence-corrected chi connectivity index (χ2v) is 6.06. The molecule has 1 aromatic carbocycles. The summed E-state index contributed by atoms with van der Waals surface area (Å²) in [6.07, 6.45) is 0.369. The summed E-state index contributed by atoms with van der Waals surface area (Å²) in [4.78, 5) is 30.2. The molecule has 1 amide bonds. The van der Waals surface area contributed by atoms with Crippen molar-refractivity contribution in [1.82, 2.24) is 19.5 Å². The van der Waals surface area contributed by atoms with Gasteiger partial charge in [0.05, 0.1) is 11.4 Å². The summed E-state index contributed by atoms with van der Waals surface area (Å²) in [5, 5.41) is 2.98. The Morgan fingerprint density at radius 2 is 1.96 bits per heavy atom. The van der Waals surface area contributed by atoms with Crippen molar-refractivity contribution in [3.05, 3.63) is 58.3 Å². The van der Waals surface area contributed by atoms with Crippen LogP contribution < -0.4 is 5.56 Å². The van der Waals surface area contributed by atoms with Crippen LogP contribution in [0, 0.1) is 5.82 Å². The molecule has 6 nitrogen and oxygen atoms in total. The second kappa shape index (κ2) is 5.30. The molecule has 4 rings (SSSR count). The molecule has 3 aromatic rings. The van der Waals surface area contributed by atoms with Crippen LogP contribution in [0.1, 0.15) is 18.0 Å². The highest BCUT2D eigenvalue weighted by Crippen LogP contribution is 2.26. The molecule has 1 aliphatic heterocycles. The van der Waals surface area contributed by atoms with E-state index in [9.17, 15) is 14.0 Å². The van der Waals surface area contributed by atoms with Crippen molar-refractivity contribution in [1.29, 1.82) is 0 Å². The molecule has 0 radical (unpaired) electrons. The Morgan fingerprint density at radius 1 is 1.21 bits per heavy atom. The molecule has 1 atom stereocenters. The molecule has 122 valence electrons. The third kappa shape index (κ3) is 2.38. The average molecular weight is 326 g/mol. The highest BCUT2D eigenvalue weighted by Gasteiger charge is 2.29. The monoisotopic (exact) mass is 326 g/mol. The van der Waals surface area contributed by atoms with E-state index in [4.69, 9.17) is 0 Å². The molecule has 1 saturated heterocycles. The number of hydrogen-bond donors (Lipinski definition) is 1. The van der Waals surface area contributed by atoms with Gasteiger partial charge in [0.15, 0.2) is 5.65 Å². The lowest BCUT2D eigenvalue weighted by molar-refractivity contribution is -0.126. The van der Waals surface area contributed by atoms with E-state index in [1.54, 1.807) is 30.1 Å². The number of fused-ring (bicyclic) bond motifs is 1. The Kier molecular flexibility index (Phi) is 3.23. The molecule has 0 bridgehead atoms. The maximum absolute atomic E-state index is 13.1. The number of carbonyl (C=O) groups excluding carboxylic acids is 1. The highest BCUT2D eigenvalue weighted by molar-refractivity contribution is 5.79. The Balaban J connectivity index is 1.77. The van der Waals surface area contributed by atoms with E-state index in [-0.39, 0.29) is 23.2 Å². The number of aromatic amines is 1. The molecule has 3 heterocycles. The van der Waals surface area contributed by atoms with Gasteiger partial charge in [0.1, 0.15) is 5.82 Å². The number of likely N-dealkylation sites (N-methyl/N-ethyl adjacent to an activating group) is 1. The summed E-state index contributed by atoms with van der Waals surface area (Å²) >= 11 is 0. The zero-order chi connectivity index (χ0) is 16.8. The van der Waals surface area contributed by atoms with E-state index in [0.29, 0.717) is 30.0 Å². The van der Waals surface area contributed by atoms with Crippen LogP contribution in [0.4, 0.5) is 4.39 Å². The number of carbonyl (C=O) groups is 1. The molecule has 1 aliphatic rings. The lowest BCUT2D eigenvalue weighted by Crippen LogP contribution is -2.20. The van der Waals surface area contributed by atoms with Gasteiger partial charge in [-0.1, -0.05) is 0 Å². The van der Waals surface area contributed by atoms with E-state index in [1.165, 1.54) is 22.7 Å². The van der Waals surface area contributed by atoms with Gasteiger partial charge in [0, 0.05) is 38.1 Å². The van der Waals surface area contributed by atoms with E-state index in [0.717, 1.165) is 5.56 Å². The number of H-pyrrole nitrogens is 1. The van der Waals surface area contributed by atoms with Gasteiger partial charge in [-0.05, 0) is 29.8 Å². The summed E-state index contributed by atoms with van der Waals surface area (Å²) in [6.45, 7) is 0.566. The summed E-state index contributed by atoms with van der Waals surface area (Å²) in [6, 6.07) is 9.21. The van der Waals surface area contributed by atoms with E-state index in [1.807, 2.05) is 0 Å². The number of nitrogens with one attached hydrogen (secondary N) is 1. The Morgan fingerprint density at radius 3 is 2.62 bits per heavy atom. The largest absolute Gasteiger partial charge is 0.345 e. The van der Waals surface area contributed by atoms with E-state index < -0.39 is 0 Å². The molecular formula is C17H15FN4O2. The minimum absolute atomic E-state index is 0.0584. The van der Waals surface area contributed by atoms with Gasteiger partial charge in [0.2, 0.25) is 5.91 Å². The van der Waals surface area contributed by atoms with Crippen molar-refractivity contribution in [2.45, 2.75) is 12.3 Å². The highest BCUT2D eigenvalue weighted by atomic mass is 19.1. The molecule has 0 spiro atoms. The number of benzene rings is 1. The Hall–Kier alpha value is -2.96. The SMILES string of the molecule is CN1C[C@@H](c2cc(=O)n3[nH]c(-c4ccc(F)cc4)cc3n2)CC1=O. The van der Waals surface area contributed by atoms with Gasteiger partial charge in [-0.15, -0.1) is 0 Å². The lowest BCUT2D eigenvalue weighted by Gasteiger charge is -2.09. The topological polar surface area (TPSA) is 70.5 Å². The van der Waals surface area contributed by atoms with Crippen molar-refractivity contribution in [2.24, 2.45) is 0 Å². The zero-order valence-electron chi connectivity index (χ0n) is 13.0. The Bertz CT molecular complexity index is 990. The van der Waals surface area contributed by atoms with Gasteiger partial charge in [-0.2, -0.15) is 0 Å². The van der Waals surface area contributed by atoms with Crippen LogP contribution in [0.15, 0.2) is 41.2 Å². The summed E-state index contributed by atoms with van der Waals surface area (Å²) < 4.78 is 14.4. The molecule has 1 N–H and O–H groups in total. The van der Waals surface area contributed by atoms with E-state index in [2.05, 4.69) is 10.1 Å². The standard InChI is InChI=1S/C17H15FN4O2/c1-21-9-11(6-16(21)23)13-8-17(24)22-15(19-13)7-14(20-22)10-2-4-12(18)5-3-10/h2-5,7-8,11,20H,6,9H2,1H3/t11-/m0/s1. The molecular weight excluding hydrogens is 311 g/mol. The maximum Gasteiger partial charge on any atom is 0.272 e. The van der Waals surface area contributed by atoms with Crippen molar-refractivity contribution in [3.8, 4) is 11.3 Å². The third-order valence-corrected chi connectivity index (χ3v) is 4.38. The van der Waals surface area contributed by atoms with Crippen molar-refractivity contribution < 1.29 is 9.18 Å². The molecule has 2 aromatic heterocycles. The first-order valence-electron chi connectivity index (χ1n) is 7.64. The van der Waals surface area contributed by atoms with Gasteiger partial charge < -0.3 is 4.90 Å². The number of hydrogen-bond acceptors (Lipinski definition) is 3. The first-order valence-corrected chi connectivity index (χ1v) is 7.64. The fourth-order valence-corrected chi connectivity index (χ4v) is 3.06.